The van der Waals surface area contributed by atoms with Gasteiger partial charge in [-0.1, -0.05) is 11.6 Å². The minimum atomic E-state index is -3.86. The van der Waals surface area contributed by atoms with E-state index in [1.54, 1.807) is 0 Å². The largest absolute Gasteiger partial charge is 0.396 e. The van der Waals surface area contributed by atoms with Crippen molar-refractivity contribution in [2.45, 2.75) is 11.3 Å². The fraction of sp³-hybridized carbons (Fsp3) is 0.400. The highest BCUT2D eigenvalue weighted by molar-refractivity contribution is 7.89. The van der Waals surface area contributed by atoms with Crippen molar-refractivity contribution in [2.24, 2.45) is 0 Å². The Balaban J connectivity index is 2.83. The van der Waals surface area contributed by atoms with Crippen molar-refractivity contribution in [3.8, 4) is 0 Å². The lowest BCUT2D eigenvalue weighted by molar-refractivity contribution is 0.580. The molecule has 0 fully saturated rings. The Morgan fingerprint density at radius 3 is 2.68 bits per heavy atom. The van der Waals surface area contributed by atoms with Gasteiger partial charge in [0, 0.05) is 29.4 Å². The smallest absolute Gasteiger partial charge is 0.242 e. The lowest BCUT2D eigenvalue weighted by Crippen LogP contribution is -2.26. The number of nitrogen functional groups attached to an aromatic ring is 1. The molecule has 0 heterocycles. The topological polar surface area (TPSA) is 89.3 Å². The molecule has 1 rings (SSSR count). The molecule has 0 aliphatic rings. The van der Waals surface area contributed by atoms with Gasteiger partial charge in [-0.25, -0.2) is 17.5 Å². The van der Waals surface area contributed by atoms with Gasteiger partial charge < -0.3 is 5.73 Å². The summed E-state index contributed by atoms with van der Waals surface area (Å²) in [6, 6.07) is 1.82. The number of hydrogen-bond donors (Lipinski definition) is 2. The summed E-state index contributed by atoms with van der Waals surface area (Å²) in [6.45, 7) is 0.121. The molecule has 0 saturated carbocycles. The van der Waals surface area contributed by atoms with Gasteiger partial charge in [0.25, 0.3) is 0 Å². The van der Waals surface area contributed by atoms with Crippen molar-refractivity contribution in [2.75, 3.05) is 24.3 Å². The fourth-order valence-corrected chi connectivity index (χ4v) is 3.48. The van der Waals surface area contributed by atoms with Gasteiger partial charge in [-0.2, -0.15) is 0 Å². The van der Waals surface area contributed by atoms with Crippen molar-refractivity contribution in [1.29, 1.82) is 0 Å². The molecule has 9 heteroatoms. The van der Waals surface area contributed by atoms with E-state index >= 15 is 0 Å². The Morgan fingerprint density at radius 1 is 1.47 bits per heavy atom. The summed E-state index contributed by atoms with van der Waals surface area (Å²) in [5, 5.41) is -0.238. The molecule has 0 aromatic heterocycles. The van der Waals surface area contributed by atoms with E-state index < -0.39 is 26.6 Å². The van der Waals surface area contributed by atoms with Crippen LogP contribution >= 0.6 is 11.6 Å². The fourth-order valence-electron chi connectivity index (χ4n) is 1.31. The summed E-state index contributed by atoms with van der Waals surface area (Å²) in [7, 11) is -4.84. The third kappa shape index (κ3) is 4.72. The number of anilines is 1. The molecule has 5 nitrogen and oxygen atoms in total. The van der Waals surface area contributed by atoms with Crippen LogP contribution in [0, 0.1) is 5.82 Å². The van der Waals surface area contributed by atoms with Crippen molar-refractivity contribution >= 4 is 38.1 Å². The third-order valence-electron chi connectivity index (χ3n) is 2.24. The molecule has 0 saturated heterocycles. The van der Waals surface area contributed by atoms with E-state index in [1.165, 1.54) is 6.26 Å². The first-order chi connectivity index (χ1) is 8.74. The molecule has 0 spiro atoms. The first-order valence-corrected chi connectivity index (χ1v) is 8.87. The number of hydrogen-bond acceptors (Lipinski definition) is 4. The van der Waals surface area contributed by atoms with Crippen LogP contribution in [0.15, 0.2) is 17.0 Å². The molecule has 1 aromatic rings. The van der Waals surface area contributed by atoms with Gasteiger partial charge in [-0.05, 0) is 18.6 Å². The monoisotopic (exact) mass is 328 g/mol. The predicted molar refractivity (Wildman–Crippen MR) is 74.6 cm³/mol. The van der Waals surface area contributed by atoms with Crippen LogP contribution in [0.1, 0.15) is 6.42 Å². The summed E-state index contributed by atoms with van der Waals surface area (Å²) < 4.78 is 50.0. The quantitative estimate of drug-likeness (QED) is 0.604. The molecule has 0 aliphatic heterocycles. The number of benzene rings is 1. The Labute approximate surface area is 118 Å². The van der Waals surface area contributed by atoms with Gasteiger partial charge in [-0.15, -0.1) is 0 Å². The van der Waals surface area contributed by atoms with E-state index in [0.29, 0.717) is 12.2 Å². The number of rotatable bonds is 6. The molecule has 1 unspecified atom stereocenters. The van der Waals surface area contributed by atoms with Crippen LogP contribution in [0.2, 0.25) is 5.02 Å². The average molecular weight is 329 g/mol. The lowest BCUT2D eigenvalue weighted by atomic mass is 10.3. The maximum atomic E-state index is 13.1. The van der Waals surface area contributed by atoms with Crippen LogP contribution in [-0.4, -0.2) is 31.2 Å². The normalized spacial score (nSPS) is 13.4. The molecule has 0 bridgehead atoms. The maximum absolute atomic E-state index is 13.1. The number of nitrogens with one attached hydrogen (secondary N) is 1. The van der Waals surface area contributed by atoms with Crippen molar-refractivity contribution in [1.82, 2.24) is 4.72 Å². The summed E-state index contributed by atoms with van der Waals surface area (Å²) in [6.07, 6.45) is 1.96. The Kier molecular flexibility index (Phi) is 5.72. The summed E-state index contributed by atoms with van der Waals surface area (Å²) in [4.78, 5) is -0.273. The first kappa shape index (κ1) is 16.4. The van der Waals surface area contributed by atoms with E-state index in [-0.39, 0.29) is 22.2 Å². The molecule has 0 aliphatic carbocycles. The molecule has 1 atom stereocenters. The molecule has 19 heavy (non-hydrogen) atoms. The van der Waals surface area contributed by atoms with E-state index in [1.807, 2.05) is 0 Å². The SMILES string of the molecule is CS(=O)CCCNS(=O)(=O)c1cc(N)c(F)cc1Cl. The predicted octanol–water partition coefficient (Wildman–Crippen LogP) is 1.11. The summed E-state index contributed by atoms with van der Waals surface area (Å²) in [5.41, 5.74) is 5.02. The highest BCUT2D eigenvalue weighted by Gasteiger charge is 2.19. The van der Waals surface area contributed by atoms with Crippen LogP contribution in [0.25, 0.3) is 0 Å². The highest BCUT2D eigenvalue weighted by atomic mass is 35.5. The van der Waals surface area contributed by atoms with Gasteiger partial charge in [-0.3, -0.25) is 4.21 Å². The molecular weight excluding hydrogens is 315 g/mol. The molecule has 1 aromatic carbocycles. The van der Waals surface area contributed by atoms with Gasteiger partial charge >= 0.3 is 0 Å². The molecule has 3 N–H and O–H groups in total. The standard InChI is InChI=1S/C10H14ClFN2O3S2/c1-18(15)4-2-3-14-19(16,17)10-6-9(13)8(12)5-7(10)11/h5-6,14H,2-4,13H2,1H3. The second kappa shape index (κ2) is 6.65. The number of halogens is 2. The zero-order valence-corrected chi connectivity index (χ0v) is 12.5. The minimum absolute atomic E-state index is 0.121. The van der Waals surface area contributed by atoms with E-state index in [9.17, 15) is 17.0 Å². The van der Waals surface area contributed by atoms with Gasteiger partial charge in [0.15, 0.2) is 0 Å². The van der Waals surface area contributed by atoms with Crippen LogP contribution in [0.5, 0.6) is 0 Å². The van der Waals surface area contributed by atoms with Crippen molar-refractivity contribution < 1.29 is 17.0 Å². The third-order valence-corrected chi connectivity index (χ3v) is 5.03. The molecule has 0 amide bonds. The number of nitrogens with two attached hydrogens (primary N) is 1. The van der Waals surface area contributed by atoms with E-state index in [0.717, 1.165) is 12.1 Å². The van der Waals surface area contributed by atoms with E-state index in [4.69, 9.17) is 17.3 Å². The van der Waals surface area contributed by atoms with Crippen molar-refractivity contribution in [3.05, 3.63) is 23.0 Å². The van der Waals surface area contributed by atoms with E-state index in [2.05, 4.69) is 4.72 Å². The molecule has 0 radical (unpaired) electrons. The van der Waals surface area contributed by atoms with Crippen LogP contribution in [-0.2, 0) is 20.8 Å². The number of sulfonamides is 1. The van der Waals surface area contributed by atoms with Crippen LogP contribution in [0.4, 0.5) is 10.1 Å². The Bertz CT molecular complexity index is 593. The van der Waals surface area contributed by atoms with Crippen molar-refractivity contribution in [3.63, 3.8) is 0 Å². The highest BCUT2D eigenvalue weighted by Crippen LogP contribution is 2.26. The van der Waals surface area contributed by atoms with Gasteiger partial charge in [0.1, 0.15) is 10.7 Å². The second-order valence-electron chi connectivity index (χ2n) is 3.83. The Hall–Kier alpha value is -0.700. The van der Waals surface area contributed by atoms with Gasteiger partial charge in [0.05, 0.1) is 10.7 Å². The Morgan fingerprint density at radius 2 is 2.11 bits per heavy atom. The minimum Gasteiger partial charge on any atom is -0.396 e. The molecule has 108 valence electrons. The lowest BCUT2D eigenvalue weighted by Gasteiger charge is -2.09. The average Bonchev–Trinajstić information content (AvgIpc) is 2.29. The van der Waals surface area contributed by atoms with Crippen LogP contribution in [0.3, 0.4) is 0 Å². The summed E-state index contributed by atoms with van der Waals surface area (Å²) >= 11 is 5.69. The zero-order valence-electron chi connectivity index (χ0n) is 10.2. The zero-order chi connectivity index (χ0) is 14.6. The maximum Gasteiger partial charge on any atom is 0.242 e. The van der Waals surface area contributed by atoms with Gasteiger partial charge in [0.2, 0.25) is 10.0 Å². The van der Waals surface area contributed by atoms with Crippen LogP contribution < -0.4 is 10.5 Å². The molecular formula is C10H14ClFN2O3S2. The first-order valence-electron chi connectivity index (χ1n) is 5.28. The summed E-state index contributed by atoms with van der Waals surface area (Å²) in [5.74, 6) is -0.382. The second-order valence-corrected chi connectivity index (χ2v) is 7.53.